The zero-order valence-corrected chi connectivity index (χ0v) is 15.3. The number of halogens is 1. The van der Waals surface area contributed by atoms with Crippen molar-refractivity contribution < 1.29 is 18.4 Å². The molecule has 0 fully saturated rings. The molecule has 0 atom stereocenters. The van der Waals surface area contributed by atoms with Crippen LogP contribution in [0.15, 0.2) is 80.2 Å². The Morgan fingerprint density at radius 1 is 0.889 bits per heavy atom. The number of furan rings is 1. The zero-order valence-electron chi connectivity index (χ0n) is 13.8. The van der Waals surface area contributed by atoms with Gasteiger partial charge >= 0.3 is 6.01 Å². The lowest BCUT2D eigenvalue weighted by Gasteiger charge is -2.06. The van der Waals surface area contributed by atoms with E-state index in [0.29, 0.717) is 21.7 Å². The van der Waals surface area contributed by atoms with Crippen molar-refractivity contribution in [3.05, 3.63) is 77.0 Å². The van der Waals surface area contributed by atoms with Crippen molar-refractivity contribution >= 4 is 27.9 Å². The monoisotopic (exact) mass is 425 g/mol. The van der Waals surface area contributed by atoms with E-state index >= 15 is 0 Å². The second kappa shape index (κ2) is 7.46. The lowest BCUT2D eigenvalue weighted by molar-refractivity contribution is 0.102. The van der Waals surface area contributed by atoms with Gasteiger partial charge in [0.2, 0.25) is 0 Å². The van der Waals surface area contributed by atoms with E-state index in [-0.39, 0.29) is 17.8 Å². The summed E-state index contributed by atoms with van der Waals surface area (Å²) in [5.41, 5.74) is 0.427. The predicted molar refractivity (Wildman–Crippen MR) is 101 cm³/mol. The lowest BCUT2D eigenvalue weighted by Crippen LogP contribution is -2.11. The highest BCUT2D eigenvalue weighted by Gasteiger charge is 2.15. The van der Waals surface area contributed by atoms with E-state index in [9.17, 15) is 4.79 Å². The van der Waals surface area contributed by atoms with Crippen molar-refractivity contribution in [3.63, 3.8) is 0 Å². The largest absolute Gasteiger partial charge is 0.457 e. The van der Waals surface area contributed by atoms with Crippen LogP contribution in [0.4, 0.5) is 6.01 Å². The van der Waals surface area contributed by atoms with Gasteiger partial charge in [-0.2, -0.15) is 0 Å². The lowest BCUT2D eigenvalue weighted by atomic mass is 10.2. The third kappa shape index (κ3) is 4.06. The van der Waals surface area contributed by atoms with Crippen molar-refractivity contribution in [3.8, 4) is 23.1 Å². The summed E-state index contributed by atoms with van der Waals surface area (Å²) in [5, 5.41) is 10.2. The molecule has 27 heavy (non-hydrogen) atoms. The normalized spacial score (nSPS) is 10.6. The van der Waals surface area contributed by atoms with E-state index in [4.69, 9.17) is 13.6 Å². The van der Waals surface area contributed by atoms with Crippen LogP contribution in [0, 0.1) is 0 Å². The molecular formula is C19H12BrN3O4. The molecule has 4 aromatic rings. The van der Waals surface area contributed by atoms with Gasteiger partial charge in [-0.1, -0.05) is 23.3 Å². The maximum Gasteiger partial charge on any atom is 0.322 e. The number of rotatable bonds is 5. The summed E-state index contributed by atoms with van der Waals surface area (Å²) < 4.78 is 17.0. The molecule has 2 aromatic heterocycles. The SMILES string of the molecule is O=C(Nc1nnc(-c2ccc(Br)o2)o1)c1ccc(Oc2ccccc2)cc1. The Balaban J connectivity index is 1.42. The van der Waals surface area contributed by atoms with Gasteiger partial charge in [0.25, 0.3) is 11.8 Å². The molecule has 0 bridgehead atoms. The van der Waals surface area contributed by atoms with Crippen LogP contribution in [0.2, 0.25) is 0 Å². The summed E-state index contributed by atoms with van der Waals surface area (Å²) in [6.07, 6.45) is 0. The van der Waals surface area contributed by atoms with Crippen molar-refractivity contribution in [1.82, 2.24) is 10.2 Å². The summed E-state index contributed by atoms with van der Waals surface area (Å²) in [6.45, 7) is 0. The Labute approximate surface area is 162 Å². The molecule has 0 saturated heterocycles. The minimum Gasteiger partial charge on any atom is -0.457 e. The third-order valence-electron chi connectivity index (χ3n) is 3.52. The van der Waals surface area contributed by atoms with Gasteiger partial charge in [0.15, 0.2) is 10.4 Å². The Bertz CT molecular complexity index is 1060. The standard InChI is InChI=1S/C19H12BrN3O4/c20-16-11-10-15(26-16)18-22-23-19(27-18)21-17(24)12-6-8-14(9-7-12)25-13-4-2-1-3-5-13/h1-11H,(H,21,23,24). The molecule has 0 radical (unpaired) electrons. The highest BCUT2D eigenvalue weighted by molar-refractivity contribution is 9.10. The maximum atomic E-state index is 12.3. The topological polar surface area (TPSA) is 90.4 Å². The van der Waals surface area contributed by atoms with Gasteiger partial charge in [0, 0.05) is 5.56 Å². The number of carbonyl (C=O) groups excluding carboxylic acids is 1. The summed E-state index contributed by atoms with van der Waals surface area (Å²) in [7, 11) is 0. The number of aromatic nitrogens is 2. The van der Waals surface area contributed by atoms with Crippen LogP contribution in [0.5, 0.6) is 11.5 Å². The fourth-order valence-electron chi connectivity index (χ4n) is 2.27. The first kappa shape index (κ1) is 17.0. The number of benzene rings is 2. The average molecular weight is 426 g/mol. The van der Waals surface area contributed by atoms with E-state index in [2.05, 4.69) is 31.4 Å². The number of nitrogens with zero attached hydrogens (tertiary/aromatic N) is 2. The van der Waals surface area contributed by atoms with E-state index < -0.39 is 0 Å². The van der Waals surface area contributed by atoms with Crippen molar-refractivity contribution in [2.45, 2.75) is 0 Å². The maximum absolute atomic E-state index is 12.3. The summed E-state index contributed by atoms with van der Waals surface area (Å²) >= 11 is 3.20. The smallest absolute Gasteiger partial charge is 0.322 e. The molecule has 0 unspecified atom stereocenters. The first-order valence-corrected chi connectivity index (χ1v) is 8.70. The van der Waals surface area contributed by atoms with E-state index in [1.807, 2.05) is 30.3 Å². The molecule has 1 N–H and O–H groups in total. The quantitative estimate of drug-likeness (QED) is 0.476. The van der Waals surface area contributed by atoms with Gasteiger partial charge in [0.1, 0.15) is 11.5 Å². The zero-order chi connectivity index (χ0) is 18.6. The molecule has 0 saturated carbocycles. The average Bonchev–Trinajstić information content (AvgIpc) is 3.32. The van der Waals surface area contributed by atoms with E-state index in [1.54, 1.807) is 36.4 Å². The molecule has 2 heterocycles. The van der Waals surface area contributed by atoms with Gasteiger partial charge in [-0.25, -0.2) is 0 Å². The summed E-state index contributed by atoms with van der Waals surface area (Å²) in [4.78, 5) is 12.3. The minimum atomic E-state index is -0.378. The van der Waals surface area contributed by atoms with Gasteiger partial charge in [-0.15, -0.1) is 5.10 Å². The number of para-hydroxylation sites is 1. The Hall–Kier alpha value is -3.39. The first-order valence-electron chi connectivity index (χ1n) is 7.91. The van der Waals surface area contributed by atoms with E-state index in [1.165, 1.54) is 0 Å². The first-order chi connectivity index (χ1) is 13.2. The van der Waals surface area contributed by atoms with Crippen LogP contribution in [0.25, 0.3) is 11.7 Å². The number of ether oxygens (including phenoxy) is 1. The second-order valence-electron chi connectivity index (χ2n) is 5.41. The number of nitrogens with one attached hydrogen (secondary N) is 1. The molecular weight excluding hydrogens is 414 g/mol. The fraction of sp³-hybridized carbons (Fsp3) is 0. The number of carbonyl (C=O) groups is 1. The van der Waals surface area contributed by atoms with Crippen molar-refractivity contribution in [2.24, 2.45) is 0 Å². The van der Waals surface area contributed by atoms with Crippen molar-refractivity contribution in [1.29, 1.82) is 0 Å². The Morgan fingerprint density at radius 3 is 2.33 bits per heavy atom. The van der Waals surface area contributed by atoms with Crippen LogP contribution in [0.3, 0.4) is 0 Å². The highest BCUT2D eigenvalue weighted by Crippen LogP contribution is 2.25. The molecule has 2 aromatic carbocycles. The molecule has 0 spiro atoms. The Kier molecular flexibility index (Phi) is 4.71. The molecule has 0 aliphatic heterocycles. The number of anilines is 1. The van der Waals surface area contributed by atoms with Crippen LogP contribution in [-0.4, -0.2) is 16.1 Å². The van der Waals surface area contributed by atoms with E-state index in [0.717, 1.165) is 5.75 Å². The van der Waals surface area contributed by atoms with Crippen LogP contribution < -0.4 is 10.1 Å². The molecule has 1 amide bonds. The molecule has 4 rings (SSSR count). The molecule has 0 aliphatic rings. The number of amides is 1. The number of hydrogen-bond donors (Lipinski definition) is 1. The Morgan fingerprint density at radius 2 is 1.63 bits per heavy atom. The van der Waals surface area contributed by atoms with Gasteiger partial charge in [0.05, 0.1) is 0 Å². The summed E-state index contributed by atoms with van der Waals surface area (Å²) in [5.74, 6) is 1.54. The highest BCUT2D eigenvalue weighted by atomic mass is 79.9. The minimum absolute atomic E-state index is 0.0212. The van der Waals surface area contributed by atoms with Crippen LogP contribution in [-0.2, 0) is 0 Å². The molecule has 0 aliphatic carbocycles. The van der Waals surface area contributed by atoms with Gasteiger partial charge < -0.3 is 13.6 Å². The third-order valence-corrected chi connectivity index (χ3v) is 3.95. The predicted octanol–water partition coefficient (Wildman–Crippen LogP) is 5.14. The van der Waals surface area contributed by atoms with Crippen LogP contribution in [0.1, 0.15) is 10.4 Å². The van der Waals surface area contributed by atoms with Crippen molar-refractivity contribution in [2.75, 3.05) is 5.32 Å². The van der Waals surface area contributed by atoms with Gasteiger partial charge in [-0.05, 0) is 64.5 Å². The molecule has 7 nitrogen and oxygen atoms in total. The summed E-state index contributed by atoms with van der Waals surface area (Å²) in [6, 6.07) is 19.5. The fourth-order valence-corrected chi connectivity index (χ4v) is 2.58. The number of hydrogen-bond acceptors (Lipinski definition) is 6. The van der Waals surface area contributed by atoms with Crippen LogP contribution >= 0.6 is 15.9 Å². The van der Waals surface area contributed by atoms with Gasteiger partial charge in [-0.3, -0.25) is 10.1 Å². The molecule has 134 valence electrons. The second-order valence-corrected chi connectivity index (χ2v) is 6.19. The molecule has 8 heteroatoms.